The van der Waals surface area contributed by atoms with E-state index in [1.165, 1.54) is 0 Å². The van der Waals surface area contributed by atoms with Gasteiger partial charge in [0.2, 0.25) is 5.91 Å². The van der Waals surface area contributed by atoms with Crippen LogP contribution in [0.15, 0.2) is 30.3 Å². The van der Waals surface area contributed by atoms with Crippen molar-refractivity contribution >= 4 is 18.0 Å². The Morgan fingerprint density at radius 3 is 2.40 bits per heavy atom. The van der Waals surface area contributed by atoms with Crippen molar-refractivity contribution in [3.63, 3.8) is 0 Å². The van der Waals surface area contributed by atoms with E-state index < -0.39 is 23.2 Å². The van der Waals surface area contributed by atoms with Crippen LogP contribution in [-0.4, -0.2) is 40.6 Å². The molecule has 6 nitrogen and oxygen atoms in total. The van der Waals surface area contributed by atoms with Crippen molar-refractivity contribution < 1.29 is 23.9 Å². The molecule has 1 aliphatic heterocycles. The van der Waals surface area contributed by atoms with Crippen molar-refractivity contribution in [1.29, 1.82) is 0 Å². The SMILES string of the molecule is CCCC[C@@H]1CC(=O)N(C(=O)OC(C)(C)C)[C@]1(CCc1ccccc1)C(=O)OCC. The van der Waals surface area contributed by atoms with Crippen LogP contribution in [-0.2, 0) is 25.5 Å². The van der Waals surface area contributed by atoms with E-state index in [2.05, 4.69) is 6.92 Å². The molecule has 2 rings (SSSR count). The van der Waals surface area contributed by atoms with Gasteiger partial charge < -0.3 is 9.47 Å². The Labute approximate surface area is 179 Å². The molecule has 0 radical (unpaired) electrons. The number of unbranched alkanes of at least 4 members (excludes halogenated alkanes) is 1. The number of carbonyl (C=O) groups is 3. The Morgan fingerprint density at radius 2 is 1.83 bits per heavy atom. The number of carbonyl (C=O) groups excluding carboxylic acids is 3. The van der Waals surface area contributed by atoms with E-state index in [0.717, 1.165) is 23.3 Å². The smallest absolute Gasteiger partial charge is 0.418 e. The summed E-state index contributed by atoms with van der Waals surface area (Å²) in [6.07, 6.45) is 2.72. The van der Waals surface area contributed by atoms with Crippen molar-refractivity contribution in [2.24, 2.45) is 5.92 Å². The Hall–Kier alpha value is -2.37. The first kappa shape index (κ1) is 23.9. The van der Waals surface area contributed by atoms with Crippen molar-refractivity contribution in [3.8, 4) is 0 Å². The Balaban J connectivity index is 2.49. The van der Waals surface area contributed by atoms with Crippen LogP contribution >= 0.6 is 0 Å². The number of likely N-dealkylation sites (tertiary alicyclic amines) is 1. The lowest BCUT2D eigenvalue weighted by molar-refractivity contribution is -0.161. The van der Waals surface area contributed by atoms with E-state index in [1.54, 1.807) is 27.7 Å². The van der Waals surface area contributed by atoms with Crippen LogP contribution in [0.5, 0.6) is 0 Å². The number of nitrogens with zero attached hydrogens (tertiary/aromatic N) is 1. The minimum Gasteiger partial charge on any atom is -0.464 e. The van der Waals surface area contributed by atoms with Crippen LogP contribution < -0.4 is 0 Å². The van der Waals surface area contributed by atoms with E-state index in [9.17, 15) is 14.4 Å². The second kappa shape index (κ2) is 10.1. The number of amides is 2. The highest BCUT2D eigenvalue weighted by Crippen LogP contribution is 2.44. The molecule has 166 valence electrons. The van der Waals surface area contributed by atoms with Gasteiger partial charge in [-0.1, -0.05) is 50.1 Å². The third-order valence-corrected chi connectivity index (χ3v) is 5.49. The van der Waals surface area contributed by atoms with Crippen LogP contribution in [0, 0.1) is 5.92 Å². The van der Waals surface area contributed by atoms with Crippen LogP contribution in [0.25, 0.3) is 0 Å². The van der Waals surface area contributed by atoms with E-state index in [1.807, 2.05) is 30.3 Å². The number of esters is 1. The number of benzene rings is 1. The highest BCUT2D eigenvalue weighted by Gasteiger charge is 2.61. The van der Waals surface area contributed by atoms with Crippen LogP contribution in [0.3, 0.4) is 0 Å². The third kappa shape index (κ3) is 5.41. The van der Waals surface area contributed by atoms with Gasteiger partial charge in [0.25, 0.3) is 0 Å². The predicted octanol–water partition coefficient (Wildman–Crippen LogP) is 4.89. The van der Waals surface area contributed by atoms with E-state index >= 15 is 0 Å². The first-order valence-corrected chi connectivity index (χ1v) is 10.9. The lowest BCUT2D eigenvalue weighted by atomic mass is 9.77. The molecule has 0 unspecified atom stereocenters. The van der Waals surface area contributed by atoms with E-state index in [4.69, 9.17) is 9.47 Å². The summed E-state index contributed by atoms with van der Waals surface area (Å²) in [4.78, 5) is 40.6. The van der Waals surface area contributed by atoms with Gasteiger partial charge in [0.05, 0.1) is 6.61 Å². The second-order valence-electron chi connectivity index (χ2n) is 8.88. The monoisotopic (exact) mass is 417 g/mol. The Kier molecular flexibility index (Phi) is 8.04. The molecule has 0 spiro atoms. The normalized spacial score (nSPS) is 21.6. The fourth-order valence-corrected chi connectivity index (χ4v) is 4.15. The molecular formula is C24H35NO5. The molecule has 1 aromatic rings. The summed E-state index contributed by atoms with van der Waals surface area (Å²) < 4.78 is 11.0. The van der Waals surface area contributed by atoms with Crippen molar-refractivity contribution in [2.45, 2.75) is 84.3 Å². The van der Waals surface area contributed by atoms with Gasteiger partial charge in [0, 0.05) is 12.3 Å². The van der Waals surface area contributed by atoms with Crippen LogP contribution in [0.4, 0.5) is 4.79 Å². The molecule has 1 heterocycles. The first-order chi connectivity index (χ1) is 14.2. The Bertz CT molecular complexity index is 740. The summed E-state index contributed by atoms with van der Waals surface area (Å²) in [5, 5.41) is 0. The van der Waals surface area contributed by atoms with Gasteiger partial charge in [-0.05, 0) is 52.5 Å². The molecule has 1 aliphatic rings. The summed E-state index contributed by atoms with van der Waals surface area (Å²) in [5.41, 5.74) is -1.09. The van der Waals surface area contributed by atoms with E-state index in [-0.39, 0.29) is 24.9 Å². The largest absolute Gasteiger partial charge is 0.464 e. The highest BCUT2D eigenvalue weighted by atomic mass is 16.6. The number of ether oxygens (including phenoxy) is 2. The third-order valence-electron chi connectivity index (χ3n) is 5.49. The summed E-state index contributed by atoms with van der Waals surface area (Å²) in [7, 11) is 0. The van der Waals surface area contributed by atoms with Crippen LogP contribution in [0.2, 0.25) is 0 Å². The molecule has 0 aliphatic carbocycles. The molecule has 1 aromatic carbocycles. The molecule has 0 bridgehead atoms. The van der Waals surface area contributed by atoms with E-state index in [0.29, 0.717) is 19.3 Å². The molecular weight excluding hydrogens is 382 g/mol. The fourth-order valence-electron chi connectivity index (χ4n) is 4.15. The number of rotatable bonds is 8. The number of imide groups is 1. The minimum atomic E-state index is -1.35. The zero-order valence-corrected chi connectivity index (χ0v) is 18.9. The van der Waals surface area contributed by atoms with Crippen molar-refractivity contribution in [1.82, 2.24) is 4.90 Å². The molecule has 1 saturated heterocycles. The van der Waals surface area contributed by atoms with Gasteiger partial charge in [-0.15, -0.1) is 0 Å². The number of hydrogen-bond acceptors (Lipinski definition) is 5. The van der Waals surface area contributed by atoms with Gasteiger partial charge in [-0.25, -0.2) is 14.5 Å². The van der Waals surface area contributed by atoms with Gasteiger partial charge in [-0.2, -0.15) is 0 Å². The summed E-state index contributed by atoms with van der Waals surface area (Å²) >= 11 is 0. The minimum absolute atomic E-state index is 0.146. The zero-order valence-electron chi connectivity index (χ0n) is 18.9. The van der Waals surface area contributed by atoms with Crippen LogP contribution in [0.1, 0.15) is 72.3 Å². The second-order valence-corrected chi connectivity index (χ2v) is 8.88. The maximum atomic E-state index is 13.4. The highest BCUT2D eigenvalue weighted by molar-refractivity contribution is 6.02. The zero-order chi connectivity index (χ0) is 22.4. The predicted molar refractivity (Wildman–Crippen MR) is 115 cm³/mol. The molecule has 6 heteroatoms. The average Bonchev–Trinajstić information content (AvgIpc) is 2.96. The van der Waals surface area contributed by atoms with Gasteiger partial charge in [0.1, 0.15) is 5.60 Å². The Morgan fingerprint density at radius 1 is 1.17 bits per heavy atom. The molecule has 0 saturated carbocycles. The van der Waals surface area contributed by atoms with Gasteiger partial charge >= 0.3 is 12.1 Å². The summed E-state index contributed by atoms with van der Waals surface area (Å²) in [6, 6.07) is 9.77. The molecule has 1 fully saturated rings. The summed E-state index contributed by atoms with van der Waals surface area (Å²) in [5.74, 6) is -1.18. The van der Waals surface area contributed by atoms with Gasteiger partial charge in [-0.3, -0.25) is 4.79 Å². The maximum absolute atomic E-state index is 13.4. The lowest BCUT2D eigenvalue weighted by Gasteiger charge is -2.39. The number of hydrogen-bond donors (Lipinski definition) is 0. The molecule has 30 heavy (non-hydrogen) atoms. The standard InChI is InChI=1S/C24H35NO5/c1-6-8-14-19-17-20(26)25(22(28)30-23(3,4)5)24(19,21(27)29-7-2)16-15-18-12-10-9-11-13-18/h9-13,19H,6-8,14-17H2,1-5H3/t19-,24+/m1/s1. The summed E-state index contributed by atoms with van der Waals surface area (Å²) in [6.45, 7) is 9.22. The number of aryl methyl sites for hydroxylation is 1. The quantitative estimate of drug-likeness (QED) is 0.563. The van der Waals surface area contributed by atoms with Gasteiger partial charge in [0.15, 0.2) is 5.54 Å². The molecule has 2 atom stereocenters. The van der Waals surface area contributed by atoms with Crippen molar-refractivity contribution in [2.75, 3.05) is 6.61 Å². The van der Waals surface area contributed by atoms with Crippen molar-refractivity contribution in [3.05, 3.63) is 35.9 Å². The fraction of sp³-hybridized carbons (Fsp3) is 0.625. The average molecular weight is 418 g/mol. The molecule has 0 N–H and O–H groups in total. The first-order valence-electron chi connectivity index (χ1n) is 10.9. The maximum Gasteiger partial charge on any atom is 0.418 e. The lowest BCUT2D eigenvalue weighted by Crippen LogP contribution is -2.59. The topological polar surface area (TPSA) is 72.9 Å². The molecule has 0 aromatic heterocycles. The molecule has 2 amide bonds.